The van der Waals surface area contributed by atoms with Gasteiger partial charge in [0, 0.05) is 15.8 Å². The Hall–Kier alpha value is -4.35. The molecular formula is C26H22ClN3O7S. The van der Waals surface area contributed by atoms with Gasteiger partial charge < -0.3 is 19.3 Å². The summed E-state index contributed by atoms with van der Waals surface area (Å²) in [5, 5.41) is 19.6. The Balaban J connectivity index is 1.74. The minimum Gasteiger partial charge on any atom is -0.505 e. The van der Waals surface area contributed by atoms with E-state index in [0.717, 1.165) is 0 Å². The molecule has 0 radical (unpaired) electrons. The SMILES string of the molecule is COc1cc(C(=O)N=Nc2cc(NS(=O)(=O)c3ccc(Cl)cc3)c3ccccc3c2O)cc(OC)c1OC. The molecule has 0 heterocycles. The first-order chi connectivity index (χ1) is 18.2. The van der Waals surface area contributed by atoms with Crippen molar-refractivity contribution >= 4 is 49.7 Å². The molecule has 0 saturated carbocycles. The molecule has 4 aromatic rings. The maximum absolute atomic E-state index is 13.0. The van der Waals surface area contributed by atoms with Crippen molar-refractivity contribution in [1.29, 1.82) is 0 Å². The first-order valence-corrected chi connectivity index (χ1v) is 12.8. The van der Waals surface area contributed by atoms with Crippen LogP contribution in [0.25, 0.3) is 10.8 Å². The Morgan fingerprint density at radius 2 is 1.50 bits per heavy atom. The van der Waals surface area contributed by atoms with Crippen LogP contribution in [0.3, 0.4) is 0 Å². The van der Waals surface area contributed by atoms with Gasteiger partial charge >= 0.3 is 0 Å². The summed E-state index contributed by atoms with van der Waals surface area (Å²) in [5.74, 6) is -0.249. The van der Waals surface area contributed by atoms with Gasteiger partial charge in [0.25, 0.3) is 15.9 Å². The van der Waals surface area contributed by atoms with E-state index in [9.17, 15) is 18.3 Å². The monoisotopic (exact) mass is 555 g/mol. The van der Waals surface area contributed by atoms with Crippen LogP contribution in [-0.2, 0) is 10.0 Å². The highest BCUT2D eigenvalue weighted by Crippen LogP contribution is 2.41. The van der Waals surface area contributed by atoms with Gasteiger partial charge in [-0.25, -0.2) is 8.42 Å². The number of rotatable bonds is 8. The summed E-state index contributed by atoms with van der Waals surface area (Å²) in [6, 6.07) is 16.3. The number of carbonyl (C=O) groups excluding carboxylic acids is 1. The fraction of sp³-hybridized carbons (Fsp3) is 0.115. The van der Waals surface area contributed by atoms with Crippen LogP contribution in [0.1, 0.15) is 10.4 Å². The summed E-state index contributed by atoms with van der Waals surface area (Å²) < 4.78 is 44.3. The molecule has 12 heteroatoms. The maximum Gasteiger partial charge on any atom is 0.295 e. The van der Waals surface area contributed by atoms with E-state index < -0.39 is 15.9 Å². The molecule has 0 atom stereocenters. The highest BCUT2D eigenvalue weighted by Gasteiger charge is 2.20. The van der Waals surface area contributed by atoms with E-state index in [1.807, 2.05) is 0 Å². The molecule has 2 N–H and O–H groups in total. The van der Waals surface area contributed by atoms with E-state index in [0.29, 0.717) is 21.5 Å². The van der Waals surface area contributed by atoms with Gasteiger partial charge in [-0.15, -0.1) is 10.2 Å². The number of carbonyl (C=O) groups is 1. The summed E-state index contributed by atoms with van der Waals surface area (Å²) in [4.78, 5) is 12.8. The number of azo groups is 1. The average Bonchev–Trinajstić information content (AvgIpc) is 2.92. The highest BCUT2D eigenvalue weighted by molar-refractivity contribution is 7.92. The number of methoxy groups -OCH3 is 3. The molecule has 1 amide bonds. The van der Waals surface area contributed by atoms with Crippen molar-refractivity contribution in [1.82, 2.24) is 0 Å². The molecule has 4 rings (SSSR count). The second-order valence-electron chi connectivity index (χ2n) is 7.82. The molecule has 196 valence electrons. The number of anilines is 1. The van der Waals surface area contributed by atoms with E-state index in [-0.39, 0.29) is 39.1 Å². The van der Waals surface area contributed by atoms with Crippen LogP contribution >= 0.6 is 11.6 Å². The van der Waals surface area contributed by atoms with Crippen LogP contribution < -0.4 is 18.9 Å². The van der Waals surface area contributed by atoms with E-state index >= 15 is 0 Å². The predicted molar refractivity (Wildman–Crippen MR) is 143 cm³/mol. The number of fused-ring (bicyclic) bond motifs is 1. The second kappa shape index (κ2) is 11.0. The topological polar surface area (TPSA) is 136 Å². The molecule has 10 nitrogen and oxygen atoms in total. The maximum atomic E-state index is 13.0. The van der Waals surface area contributed by atoms with Crippen molar-refractivity contribution in [3.05, 3.63) is 77.3 Å². The average molecular weight is 556 g/mol. The second-order valence-corrected chi connectivity index (χ2v) is 9.93. The number of phenols is 1. The zero-order valence-electron chi connectivity index (χ0n) is 20.4. The van der Waals surface area contributed by atoms with E-state index in [2.05, 4.69) is 15.0 Å². The number of aromatic hydroxyl groups is 1. The van der Waals surface area contributed by atoms with Gasteiger partial charge in [0.05, 0.1) is 37.5 Å². The number of hydrogen-bond donors (Lipinski definition) is 2. The lowest BCUT2D eigenvalue weighted by Crippen LogP contribution is -2.13. The van der Waals surface area contributed by atoms with Gasteiger partial charge in [0.2, 0.25) is 5.75 Å². The largest absolute Gasteiger partial charge is 0.505 e. The number of phenolic OH excluding ortho intramolecular Hbond substituents is 1. The van der Waals surface area contributed by atoms with Gasteiger partial charge in [-0.2, -0.15) is 0 Å². The first kappa shape index (κ1) is 26.7. The lowest BCUT2D eigenvalue weighted by atomic mass is 10.1. The molecular weight excluding hydrogens is 534 g/mol. The zero-order chi connectivity index (χ0) is 27.4. The predicted octanol–water partition coefficient (Wildman–Crippen LogP) is 5.95. The summed E-state index contributed by atoms with van der Waals surface area (Å²) in [6.07, 6.45) is 0. The third kappa shape index (κ3) is 5.34. The molecule has 4 aromatic carbocycles. The minimum atomic E-state index is -4.02. The first-order valence-electron chi connectivity index (χ1n) is 11.0. The molecule has 0 unspecified atom stereocenters. The molecule has 0 bridgehead atoms. The Labute approximate surface area is 223 Å². The smallest absolute Gasteiger partial charge is 0.295 e. The van der Waals surface area contributed by atoms with Crippen LogP contribution in [0.5, 0.6) is 23.0 Å². The van der Waals surface area contributed by atoms with Gasteiger partial charge in [0.15, 0.2) is 17.2 Å². The lowest BCUT2D eigenvalue weighted by molar-refractivity contribution is 0.0994. The third-order valence-corrected chi connectivity index (χ3v) is 7.16. The fourth-order valence-corrected chi connectivity index (χ4v) is 4.88. The lowest BCUT2D eigenvalue weighted by Gasteiger charge is -2.13. The number of sulfonamides is 1. The Kier molecular flexibility index (Phi) is 7.70. The quantitative estimate of drug-likeness (QED) is 0.202. The molecule has 0 spiro atoms. The van der Waals surface area contributed by atoms with Crippen molar-refractivity contribution in [2.45, 2.75) is 4.90 Å². The van der Waals surface area contributed by atoms with Crippen molar-refractivity contribution in [2.24, 2.45) is 10.2 Å². The molecule has 0 aliphatic heterocycles. The van der Waals surface area contributed by atoms with E-state index in [1.165, 1.54) is 63.8 Å². The van der Waals surface area contributed by atoms with Crippen LogP contribution in [0.15, 0.2) is 81.9 Å². The number of amides is 1. The Morgan fingerprint density at radius 3 is 2.08 bits per heavy atom. The van der Waals surface area contributed by atoms with Crippen LogP contribution in [0.2, 0.25) is 5.02 Å². The van der Waals surface area contributed by atoms with E-state index in [4.69, 9.17) is 25.8 Å². The van der Waals surface area contributed by atoms with Crippen molar-refractivity contribution < 1.29 is 32.5 Å². The number of halogens is 1. The highest BCUT2D eigenvalue weighted by atomic mass is 35.5. The van der Waals surface area contributed by atoms with Gasteiger partial charge in [-0.3, -0.25) is 9.52 Å². The molecule has 0 aliphatic carbocycles. The number of nitrogens with one attached hydrogen (secondary N) is 1. The molecule has 38 heavy (non-hydrogen) atoms. The van der Waals surface area contributed by atoms with Crippen molar-refractivity contribution in [3.8, 4) is 23.0 Å². The molecule has 0 saturated heterocycles. The summed E-state index contributed by atoms with van der Waals surface area (Å²) in [6.45, 7) is 0. The summed E-state index contributed by atoms with van der Waals surface area (Å²) in [7, 11) is 0.236. The summed E-state index contributed by atoms with van der Waals surface area (Å²) >= 11 is 5.88. The summed E-state index contributed by atoms with van der Waals surface area (Å²) in [5.41, 5.74) is 0.0908. The zero-order valence-corrected chi connectivity index (χ0v) is 22.0. The van der Waals surface area contributed by atoms with Gasteiger partial charge in [0.1, 0.15) is 5.69 Å². The van der Waals surface area contributed by atoms with Crippen molar-refractivity contribution in [3.63, 3.8) is 0 Å². The Bertz CT molecular complexity index is 1630. The van der Waals surface area contributed by atoms with Crippen molar-refractivity contribution in [2.75, 3.05) is 26.1 Å². The van der Waals surface area contributed by atoms with Gasteiger partial charge in [-0.1, -0.05) is 35.9 Å². The molecule has 0 aromatic heterocycles. The minimum absolute atomic E-state index is 0.0141. The number of nitrogens with zero attached hydrogens (tertiary/aromatic N) is 2. The number of benzene rings is 4. The molecule has 0 fully saturated rings. The number of ether oxygens (including phenoxy) is 3. The third-order valence-electron chi connectivity index (χ3n) is 5.52. The van der Waals surface area contributed by atoms with E-state index in [1.54, 1.807) is 24.3 Å². The molecule has 0 aliphatic rings. The van der Waals surface area contributed by atoms with Crippen LogP contribution in [0, 0.1) is 0 Å². The van der Waals surface area contributed by atoms with Crippen LogP contribution in [-0.4, -0.2) is 40.8 Å². The number of hydrogen-bond acceptors (Lipinski definition) is 8. The Morgan fingerprint density at radius 1 is 0.895 bits per heavy atom. The standard InChI is InChI=1S/C26H22ClN3O7S/c1-35-22-12-15(13-23(36-2)25(22)37-3)26(32)29-28-21-14-20(18-6-4-5-7-19(18)24(21)31)30-38(33,34)17-10-8-16(27)9-11-17/h4-14,30-31H,1-3H3. The van der Waals surface area contributed by atoms with Gasteiger partial charge in [-0.05, 0) is 42.5 Å². The van der Waals surface area contributed by atoms with Crippen LogP contribution in [0.4, 0.5) is 11.4 Å². The normalized spacial score (nSPS) is 11.5. The fourth-order valence-electron chi connectivity index (χ4n) is 3.68.